The summed E-state index contributed by atoms with van der Waals surface area (Å²) in [5.74, 6) is 0.740. The molecule has 1 aromatic carbocycles. The molecule has 0 spiro atoms. The molecule has 0 unspecified atom stereocenters. The maximum atomic E-state index is 12.1. The molecule has 1 aliphatic heterocycles. The Kier molecular flexibility index (Phi) is 5.29. The second-order valence-electron chi connectivity index (χ2n) is 5.35. The highest BCUT2D eigenvalue weighted by atomic mass is 16.5. The highest BCUT2D eigenvalue weighted by molar-refractivity contribution is 5.95. The van der Waals surface area contributed by atoms with Gasteiger partial charge in [0.1, 0.15) is 5.76 Å². The van der Waals surface area contributed by atoms with Crippen molar-refractivity contribution in [1.82, 2.24) is 5.32 Å². The van der Waals surface area contributed by atoms with Crippen LogP contribution in [0.4, 0.5) is 11.4 Å². The number of hydrogen-bond acceptors (Lipinski definition) is 5. The predicted molar refractivity (Wildman–Crippen MR) is 88.5 cm³/mol. The normalized spacial score (nSPS) is 14.7. The summed E-state index contributed by atoms with van der Waals surface area (Å²) >= 11 is 0. The Hall–Kier alpha value is -2.31. The van der Waals surface area contributed by atoms with Gasteiger partial charge in [-0.15, -0.1) is 0 Å². The predicted octanol–water partition coefficient (Wildman–Crippen LogP) is 1.84. The third-order valence-corrected chi connectivity index (χ3v) is 3.69. The second kappa shape index (κ2) is 7.80. The lowest BCUT2D eigenvalue weighted by Crippen LogP contribution is -2.37. The van der Waals surface area contributed by atoms with Gasteiger partial charge in [-0.3, -0.25) is 4.79 Å². The molecular weight excluding hydrogens is 294 g/mol. The Morgan fingerprint density at radius 3 is 2.74 bits per heavy atom. The maximum Gasteiger partial charge on any atom is 0.238 e. The van der Waals surface area contributed by atoms with Crippen molar-refractivity contribution in [2.24, 2.45) is 0 Å². The van der Waals surface area contributed by atoms with Crippen molar-refractivity contribution in [2.45, 2.75) is 6.54 Å². The van der Waals surface area contributed by atoms with E-state index >= 15 is 0 Å². The molecule has 1 fully saturated rings. The van der Waals surface area contributed by atoms with Gasteiger partial charge in [0, 0.05) is 13.1 Å². The van der Waals surface area contributed by atoms with E-state index in [0.717, 1.165) is 30.2 Å². The molecule has 2 heterocycles. The smallest absolute Gasteiger partial charge is 0.238 e. The number of benzene rings is 1. The number of rotatable bonds is 6. The monoisotopic (exact) mass is 315 g/mol. The molecule has 0 radical (unpaired) electrons. The average molecular weight is 315 g/mol. The minimum absolute atomic E-state index is 0.0720. The Balaban J connectivity index is 1.55. The van der Waals surface area contributed by atoms with Gasteiger partial charge in [-0.2, -0.15) is 0 Å². The summed E-state index contributed by atoms with van der Waals surface area (Å²) in [6, 6.07) is 11.6. The molecule has 3 rings (SSSR count). The number of hydrogen-bond donors (Lipinski definition) is 2. The number of anilines is 2. The number of amides is 1. The van der Waals surface area contributed by atoms with Crippen molar-refractivity contribution < 1.29 is 13.9 Å². The number of carbonyl (C=O) groups is 1. The number of morpholine rings is 1. The third-order valence-electron chi connectivity index (χ3n) is 3.69. The lowest BCUT2D eigenvalue weighted by atomic mass is 10.2. The van der Waals surface area contributed by atoms with E-state index in [1.165, 1.54) is 0 Å². The molecule has 1 aromatic heterocycles. The van der Waals surface area contributed by atoms with Crippen molar-refractivity contribution in [3.05, 3.63) is 48.4 Å². The molecule has 23 heavy (non-hydrogen) atoms. The quantitative estimate of drug-likeness (QED) is 0.851. The van der Waals surface area contributed by atoms with Gasteiger partial charge in [0.2, 0.25) is 5.91 Å². The fourth-order valence-corrected chi connectivity index (χ4v) is 2.57. The standard InChI is InChI=1S/C17H21N3O3/c21-17(13-18-12-14-4-3-9-23-14)19-15-5-1-2-6-16(15)20-7-10-22-11-8-20/h1-6,9,18H,7-8,10-13H2,(H,19,21). The molecular formula is C17H21N3O3. The summed E-state index contributed by atoms with van der Waals surface area (Å²) in [5, 5.41) is 6.04. The SMILES string of the molecule is O=C(CNCc1ccco1)Nc1ccccc1N1CCOCC1. The van der Waals surface area contributed by atoms with Crippen molar-refractivity contribution in [3.63, 3.8) is 0 Å². The highest BCUT2D eigenvalue weighted by Crippen LogP contribution is 2.26. The van der Waals surface area contributed by atoms with E-state index in [4.69, 9.17) is 9.15 Å². The fraction of sp³-hybridized carbons (Fsp3) is 0.353. The van der Waals surface area contributed by atoms with E-state index in [9.17, 15) is 4.79 Å². The molecule has 1 amide bonds. The number of ether oxygens (including phenoxy) is 1. The van der Waals surface area contributed by atoms with E-state index in [0.29, 0.717) is 19.8 Å². The minimum Gasteiger partial charge on any atom is -0.468 e. The summed E-state index contributed by atoms with van der Waals surface area (Å²) in [6.45, 7) is 3.87. The van der Waals surface area contributed by atoms with Crippen molar-refractivity contribution in [2.75, 3.05) is 43.1 Å². The van der Waals surface area contributed by atoms with Crippen LogP contribution < -0.4 is 15.5 Å². The van der Waals surface area contributed by atoms with Crippen LogP contribution in [-0.2, 0) is 16.1 Å². The Bertz CT molecular complexity index is 622. The van der Waals surface area contributed by atoms with Crippen LogP contribution in [-0.4, -0.2) is 38.8 Å². The van der Waals surface area contributed by atoms with Crippen LogP contribution in [0.3, 0.4) is 0 Å². The van der Waals surface area contributed by atoms with Crippen LogP contribution in [0.25, 0.3) is 0 Å². The van der Waals surface area contributed by atoms with Crippen LogP contribution >= 0.6 is 0 Å². The van der Waals surface area contributed by atoms with Gasteiger partial charge in [-0.05, 0) is 24.3 Å². The van der Waals surface area contributed by atoms with E-state index < -0.39 is 0 Å². The zero-order valence-electron chi connectivity index (χ0n) is 13.0. The summed E-state index contributed by atoms with van der Waals surface area (Å²) in [5.41, 5.74) is 1.87. The van der Waals surface area contributed by atoms with E-state index in [1.54, 1.807) is 6.26 Å². The summed E-state index contributed by atoms with van der Waals surface area (Å²) in [6.07, 6.45) is 1.62. The second-order valence-corrected chi connectivity index (χ2v) is 5.35. The molecule has 0 bridgehead atoms. The first-order valence-corrected chi connectivity index (χ1v) is 7.77. The maximum absolute atomic E-state index is 12.1. The van der Waals surface area contributed by atoms with Gasteiger partial charge in [-0.1, -0.05) is 12.1 Å². The molecule has 6 heteroatoms. The number of nitrogens with one attached hydrogen (secondary N) is 2. The van der Waals surface area contributed by atoms with Gasteiger partial charge in [-0.25, -0.2) is 0 Å². The molecule has 0 atom stereocenters. The zero-order chi connectivity index (χ0) is 15.9. The Labute approximate surface area is 135 Å². The van der Waals surface area contributed by atoms with E-state index in [1.807, 2.05) is 36.4 Å². The topological polar surface area (TPSA) is 66.7 Å². The molecule has 6 nitrogen and oxygen atoms in total. The number of furan rings is 1. The van der Waals surface area contributed by atoms with Crippen LogP contribution in [0.1, 0.15) is 5.76 Å². The number of carbonyl (C=O) groups excluding carboxylic acids is 1. The first kappa shape index (κ1) is 15.6. The largest absolute Gasteiger partial charge is 0.468 e. The molecule has 0 aliphatic carbocycles. The van der Waals surface area contributed by atoms with Crippen LogP contribution in [0, 0.1) is 0 Å². The van der Waals surface area contributed by atoms with Crippen molar-refractivity contribution >= 4 is 17.3 Å². The molecule has 2 N–H and O–H groups in total. The van der Waals surface area contributed by atoms with E-state index in [2.05, 4.69) is 15.5 Å². The average Bonchev–Trinajstić information content (AvgIpc) is 3.09. The lowest BCUT2D eigenvalue weighted by molar-refractivity contribution is -0.115. The van der Waals surface area contributed by atoms with Crippen molar-refractivity contribution in [3.8, 4) is 0 Å². The van der Waals surface area contributed by atoms with Gasteiger partial charge < -0.3 is 24.7 Å². The zero-order valence-corrected chi connectivity index (χ0v) is 13.0. The van der Waals surface area contributed by atoms with Gasteiger partial charge in [0.05, 0.1) is 43.9 Å². The molecule has 1 saturated heterocycles. The third kappa shape index (κ3) is 4.34. The summed E-state index contributed by atoms with van der Waals surface area (Å²) < 4.78 is 10.6. The first-order chi connectivity index (χ1) is 11.3. The van der Waals surface area contributed by atoms with Gasteiger partial charge in [0.15, 0.2) is 0 Å². The lowest BCUT2D eigenvalue weighted by Gasteiger charge is -2.30. The minimum atomic E-state index is -0.0720. The molecule has 122 valence electrons. The molecule has 1 aliphatic rings. The molecule has 0 saturated carbocycles. The fourth-order valence-electron chi connectivity index (χ4n) is 2.57. The van der Waals surface area contributed by atoms with Crippen LogP contribution in [0.2, 0.25) is 0 Å². The summed E-state index contributed by atoms with van der Waals surface area (Å²) in [4.78, 5) is 14.4. The van der Waals surface area contributed by atoms with Gasteiger partial charge >= 0.3 is 0 Å². The number of nitrogens with zero attached hydrogens (tertiary/aromatic N) is 1. The van der Waals surface area contributed by atoms with Crippen LogP contribution in [0.5, 0.6) is 0 Å². The first-order valence-electron chi connectivity index (χ1n) is 7.77. The number of para-hydroxylation sites is 2. The Morgan fingerprint density at radius 1 is 1.13 bits per heavy atom. The van der Waals surface area contributed by atoms with E-state index in [-0.39, 0.29) is 12.5 Å². The van der Waals surface area contributed by atoms with Crippen LogP contribution in [0.15, 0.2) is 47.1 Å². The molecule has 2 aromatic rings. The van der Waals surface area contributed by atoms with Gasteiger partial charge in [0.25, 0.3) is 0 Å². The summed E-state index contributed by atoms with van der Waals surface area (Å²) in [7, 11) is 0. The Morgan fingerprint density at radius 2 is 1.96 bits per heavy atom. The highest BCUT2D eigenvalue weighted by Gasteiger charge is 2.15. The van der Waals surface area contributed by atoms with Crippen molar-refractivity contribution in [1.29, 1.82) is 0 Å².